The molecule has 0 bridgehead atoms. The summed E-state index contributed by atoms with van der Waals surface area (Å²) in [5.74, 6) is -2.12. The Kier molecular flexibility index (Phi) is 7.44. The van der Waals surface area contributed by atoms with Crippen LogP contribution in [0.3, 0.4) is 0 Å². The number of halogens is 3. The average molecular weight is 478 g/mol. The number of carbonyl (C=O) groups excluding carboxylic acids is 3. The van der Waals surface area contributed by atoms with Gasteiger partial charge in [-0.1, -0.05) is 18.2 Å². The van der Waals surface area contributed by atoms with Crippen LogP contribution in [0.25, 0.3) is 6.08 Å². The third-order valence-corrected chi connectivity index (χ3v) is 4.93. The maximum atomic E-state index is 13.8. The second-order valence-electron chi connectivity index (χ2n) is 7.15. The van der Waals surface area contributed by atoms with Crippen LogP contribution in [0.5, 0.6) is 11.5 Å². The lowest BCUT2D eigenvalue weighted by atomic mass is 10.1. The molecule has 0 fully saturated rings. The van der Waals surface area contributed by atoms with Gasteiger partial charge in [0.25, 0.3) is 5.91 Å². The van der Waals surface area contributed by atoms with Crippen LogP contribution in [-0.2, 0) is 19.1 Å². The number of esters is 1. The summed E-state index contributed by atoms with van der Waals surface area (Å²) in [4.78, 5) is 36.8. The van der Waals surface area contributed by atoms with Crippen molar-refractivity contribution in [3.05, 3.63) is 54.1 Å². The second kappa shape index (κ2) is 10.3. The van der Waals surface area contributed by atoms with E-state index in [0.717, 1.165) is 0 Å². The van der Waals surface area contributed by atoms with Crippen molar-refractivity contribution in [1.82, 2.24) is 0 Å². The highest BCUT2D eigenvalue weighted by Crippen LogP contribution is 2.38. The van der Waals surface area contributed by atoms with Crippen LogP contribution in [0.4, 0.5) is 24.5 Å². The number of methoxy groups -OCH3 is 2. The summed E-state index contributed by atoms with van der Waals surface area (Å²) in [6, 6.07) is 7.90. The number of ether oxygens (including phenoxy) is 3. The maximum Gasteiger partial charge on any atom is 0.409 e. The normalized spacial score (nSPS) is 15.9. The molecule has 34 heavy (non-hydrogen) atoms. The van der Waals surface area contributed by atoms with Gasteiger partial charge >= 0.3 is 12.1 Å². The van der Waals surface area contributed by atoms with Crippen molar-refractivity contribution in [2.75, 3.05) is 31.0 Å². The zero-order chi connectivity index (χ0) is 24.9. The third kappa shape index (κ3) is 5.66. The van der Waals surface area contributed by atoms with E-state index in [1.165, 1.54) is 62.8 Å². The molecular weight excluding hydrogens is 457 g/mol. The van der Waals surface area contributed by atoms with Crippen molar-refractivity contribution in [3.63, 3.8) is 0 Å². The van der Waals surface area contributed by atoms with Crippen LogP contribution in [0, 0.1) is 0 Å². The lowest BCUT2D eigenvalue weighted by Gasteiger charge is -2.31. The molecule has 0 aliphatic carbocycles. The van der Waals surface area contributed by atoms with Crippen LogP contribution in [-0.4, -0.2) is 50.8 Å². The summed E-state index contributed by atoms with van der Waals surface area (Å²) >= 11 is 0. The quantitative estimate of drug-likeness (QED) is 0.504. The molecule has 1 heterocycles. The van der Waals surface area contributed by atoms with Crippen molar-refractivity contribution in [1.29, 1.82) is 0 Å². The van der Waals surface area contributed by atoms with Gasteiger partial charge in [0.1, 0.15) is 6.04 Å². The third-order valence-electron chi connectivity index (χ3n) is 4.93. The number of fused-ring (bicyclic) bond motifs is 1. The van der Waals surface area contributed by atoms with E-state index in [9.17, 15) is 27.6 Å². The summed E-state index contributed by atoms with van der Waals surface area (Å²) in [6.07, 6.45) is -3.14. The first-order valence-electron chi connectivity index (χ1n) is 9.98. The number of alkyl halides is 3. The zero-order valence-electron chi connectivity index (χ0n) is 18.2. The molecule has 3 rings (SSSR count). The first-order chi connectivity index (χ1) is 16.1. The molecule has 0 spiro atoms. The number of carbonyl (C=O) groups is 3. The summed E-state index contributed by atoms with van der Waals surface area (Å²) < 4.78 is 56.7. The first-order valence-corrected chi connectivity index (χ1v) is 9.98. The van der Waals surface area contributed by atoms with Gasteiger partial charge in [-0.2, -0.15) is 13.2 Å². The molecule has 11 heteroatoms. The van der Waals surface area contributed by atoms with E-state index in [2.05, 4.69) is 10.1 Å². The Morgan fingerprint density at radius 2 is 1.88 bits per heavy atom. The largest absolute Gasteiger partial charge is 0.493 e. The van der Waals surface area contributed by atoms with Crippen molar-refractivity contribution >= 4 is 35.2 Å². The predicted octanol–water partition coefficient (Wildman–Crippen LogP) is 3.57. The molecule has 0 saturated heterocycles. The Bertz CT molecular complexity index is 1120. The Labute approximate surface area is 192 Å². The van der Waals surface area contributed by atoms with Gasteiger partial charge in [0, 0.05) is 6.08 Å². The van der Waals surface area contributed by atoms with Gasteiger partial charge in [-0.25, -0.2) is 4.79 Å². The average Bonchev–Trinajstić information content (AvgIpc) is 2.96. The first kappa shape index (κ1) is 24.6. The summed E-state index contributed by atoms with van der Waals surface area (Å²) in [7, 11) is 2.58. The molecule has 8 nitrogen and oxygen atoms in total. The van der Waals surface area contributed by atoms with Crippen LogP contribution in [0.1, 0.15) is 12.0 Å². The summed E-state index contributed by atoms with van der Waals surface area (Å²) in [5.41, 5.74) is 0.565. The van der Waals surface area contributed by atoms with E-state index in [1.54, 1.807) is 6.07 Å². The lowest BCUT2D eigenvalue weighted by molar-refractivity contribution is -0.158. The Morgan fingerprint density at radius 1 is 1.15 bits per heavy atom. The molecular formula is C23H21F3N2O6. The van der Waals surface area contributed by atoms with Crippen LogP contribution < -0.4 is 19.7 Å². The van der Waals surface area contributed by atoms with E-state index in [4.69, 9.17) is 9.47 Å². The number of anilines is 2. The number of rotatable bonds is 6. The van der Waals surface area contributed by atoms with Gasteiger partial charge in [0.15, 0.2) is 18.1 Å². The Hall–Kier alpha value is -4.02. The van der Waals surface area contributed by atoms with E-state index >= 15 is 0 Å². The molecule has 1 atom stereocenters. The maximum absolute atomic E-state index is 13.8. The highest BCUT2D eigenvalue weighted by Gasteiger charge is 2.49. The summed E-state index contributed by atoms with van der Waals surface area (Å²) in [6.45, 7) is -0.747. The van der Waals surface area contributed by atoms with E-state index < -0.39 is 43.0 Å². The Balaban J connectivity index is 1.85. The number of para-hydroxylation sites is 2. The number of benzene rings is 2. The number of amides is 2. The number of nitrogens with zero attached hydrogens (tertiary/aromatic N) is 1. The standard InChI is InChI=1S/C23H21F3N2O6/c1-32-18-11-14(8-10-22(31)33-2)7-9-17(18)34-13-21(30)28-16-6-4-3-5-15(16)27-20(29)12-19(28)23(24,25)26/h3-11,19H,12-13H2,1-2H3,(H,27,29)/b10-8+. The fourth-order valence-corrected chi connectivity index (χ4v) is 3.34. The second-order valence-corrected chi connectivity index (χ2v) is 7.15. The number of hydrogen-bond acceptors (Lipinski definition) is 6. The number of hydrogen-bond donors (Lipinski definition) is 1. The molecule has 0 saturated carbocycles. The fourth-order valence-electron chi connectivity index (χ4n) is 3.34. The van der Waals surface area contributed by atoms with E-state index in [1.807, 2.05) is 0 Å². The van der Waals surface area contributed by atoms with Crippen molar-refractivity contribution in [2.45, 2.75) is 18.6 Å². The SMILES string of the molecule is COC(=O)/C=C/c1ccc(OCC(=O)N2c3ccccc3NC(=O)CC2C(F)(F)F)c(OC)c1. The molecule has 1 aliphatic heterocycles. The van der Waals surface area contributed by atoms with Gasteiger partial charge < -0.3 is 19.5 Å². The minimum Gasteiger partial charge on any atom is -0.493 e. The number of nitrogens with one attached hydrogen (secondary N) is 1. The monoisotopic (exact) mass is 478 g/mol. The van der Waals surface area contributed by atoms with Gasteiger partial charge in [0.2, 0.25) is 5.91 Å². The molecule has 0 radical (unpaired) electrons. The predicted molar refractivity (Wildman–Crippen MR) is 117 cm³/mol. The van der Waals surface area contributed by atoms with Gasteiger partial charge in [-0.15, -0.1) is 0 Å². The molecule has 180 valence electrons. The molecule has 2 amide bonds. The van der Waals surface area contributed by atoms with Crippen molar-refractivity contribution in [3.8, 4) is 11.5 Å². The summed E-state index contributed by atoms with van der Waals surface area (Å²) in [5, 5.41) is 2.40. The molecule has 1 N–H and O–H groups in total. The highest BCUT2D eigenvalue weighted by molar-refractivity contribution is 6.05. The molecule has 2 aromatic carbocycles. The molecule has 1 aliphatic rings. The van der Waals surface area contributed by atoms with Gasteiger partial charge in [0.05, 0.1) is 32.0 Å². The van der Waals surface area contributed by atoms with Crippen LogP contribution in [0.2, 0.25) is 0 Å². The van der Waals surface area contributed by atoms with Gasteiger partial charge in [-0.3, -0.25) is 14.5 Å². The van der Waals surface area contributed by atoms with Crippen LogP contribution in [0.15, 0.2) is 48.5 Å². The topological polar surface area (TPSA) is 94.2 Å². The Morgan fingerprint density at radius 3 is 2.56 bits per heavy atom. The minimum absolute atomic E-state index is 0.0838. The fraction of sp³-hybridized carbons (Fsp3) is 0.261. The highest BCUT2D eigenvalue weighted by atomic mass is 19.4. The lowest BCUT2D eigenvalue weighted by Crippen LogP contribution is -2.51. The van der Waals surface area contributed by atoms with Crippen molar-refractivity contribution < 1.29 is 41.8 Å². The molecule has 2 aromatic rings. The molecule has 1 unspecified atom stereocenters. The van der Waals surface area contributed by atoms with E-state index in [0.29, 0.717) is 10.5 Å². The minimum atomic E-state index is -4.85. The van der Waals surface area contributed by atoms with Crippen LogP contribution >= 0.6 is 0 Å². The van der Waals surface area contributed by atoms with E-state index in [-0.39, 0.29) is 22.9 Å². The molecule has 0 aromatic heterocycles. The van der Waals surface area contributed by atoms with Crippen molar-refractivity contribution in [2.24, 2.45) is 0 Å². The smallest absolute Gasteiger partial charge is 0.409 e. The van der Waals surface area contributed by atoms with Gasteiger partial charge in [-0.05, 0) is 35.9 Å². The zero-order valence-corrected chi connectivity index (χ0v) is 18.2.